The van der Waals surface area contributed by atoms with Crippen LogP contribution in [0.2, 0.25) is 0 Å². The van der Waals surface area contributed by atoms with Gasteiger partial charge in [-0.2, -0.15) is 0 Å². The molecule has 5 nitrogen and oxygen atoms in total. The van der Waals surface area contributed by atoms with Crippen LogP contribution in [0.4, 0.5) is 5.69 Å². The zero-order valence-electron chi connectivity index (χ0n) is 12.9. The first-order chi connectivity index (χ1) is 11.4. The van der Waals surface area contributed by atoms with Gasteiger partial charge >= 0.3 is 0 Å². The zero-order valence-corrected chi connectivity index (χ0v) is 16.1. The highest BCUT2D eigenvalue weighted by atomic mass is 79.9. The molecular weight excluding hydrogens is 438 g/mol. The van der Waals surface area contributed by atoms with Crippen molar-refractivity contribution < 1.29 is 9.90 Å². The lowest BCUT2D eigenvalue weighted by Gasteiger charge is -2.01. The summed E-state index contributed by atoms with van der Waals surface area (Å²) in [5, 5.41) is 18.8. The van der Waals surface area contributed by atoms with Gasteiger partial charge in [0.05, 0.1) is 5.52 Å². The standard InChI is InChI=1S/C17H13Br2N3O2/c1-9-7-12(19)8-13-14(17(24)22(2)15(9)13)20-21-16(23)10-3-5-11(18)6-4-10/h3-8,24H,1-2H3. The second-order valence-corrected chi connectivity index (χ2v) is 7.19. The van der Waals surface area contributed by atoms with Gasteiger partial charge in [-0.05, 0) is 48.9 Å². The third-order valence-corrected chi connectivity index (χ3v) is 4.70. The molecule has 0 atom stereocenters. The minimum atomic E-state index is -0.467. The molecule has 0 spiro atoms. The van der Waals surface area contributed by atoms with E-state index in [4.69, 9.17) is 0 Å². The van der Waals surface area contributed by atoms with Crippen LogP contribution in [0, 0.1) is 6.92 Å². The first kappa shape index (κ1) is 16.9. The van der Waals surface area contributed by atoms with Gasteiger partial charge in [0.2, 0.25) is 5.88 Å². The van der Waals surface area contributed by atoms with Gasteiger partial charge in [0.15, 0.2) is 5.69 Å². The van der Waals surface area contributed by atoms with Crippen molar-refractivity contribution in [1.82, 2.24) is 4.57 Å². The number of aromatic nitrogens is 1. The molecule has 0 fully saturated rings. The summed E-state index contributed by atoms with van der Waals surface area (Å²) >= 11 is 6.76. The number of hydrogen-bond donors (Lipinski definition) is 1. The maximum atomic E-state index is 12.1. The Bertz CT molecular complexity index is 976. The first-order valence-electron chi connectivity index (χ1n) is 7.07. The van der Waals surface area contributed by atoms with E-state index in [0.29, 0.717) is 5.56 Å². The molecule has 3 rings (SSSR count). The van der Waals surface area contributed by atoms with Gasteiger partial charge in [-0.15, -0.1) is 10.2 Å². The molecule has 0 saturated carbocycles. The smallest absolute Gasteiger partial charge is 0.295 e. The van der Waals surface area contributed by atoms with Crippen molar-refractivity contribution in [2.24, 2.45) is 17.3 Å². The number of carbonyl (C=O) groups is 1. The molecular formula is C17H13Br2N3O2. The number of amides is 1. The molecule has 0 saturated heterocycles. The van der Waals surface area contributed by atoms with Gasteiger partial charge < -0.3 is 9.67 Å². The van der Waals surface area contributed by atoms with Crippen LogP contribution in [-0.2, 0) is 7.05 Å². The molecule has 1 amide bonds. The Hall–Kier alpha value is -1.99. The molecule has 1 N–H and O–H groups in total. The van der Waals surface area contributed by atoms with Gasteiger partial charge in [-0.1, -0.05) is 31.9 Å². The van der Waals surface area contributed by atoms with Crippen LogP contribution >= 0.6 is 31.9 Å². The molecule has 0 aliphatic rings. The highest BCUT2D eigenvalue weighted by Gasteiger charge is 2.17. The predicted molar refractivity (Wildman–Crippen MR) is 100 cm³/mol. The zero-order chi connectivity index (χ0) is 17.4. The van der Waals surface area contributed by atoms with E-state index < -0.39 is 5.91 Å². The van der Waals surface area contributed by atoms with Crippen molar-refractivity contribution in [3.05, 3.63) is 56.5 Å². The average molecular weight is 451 g/mol. The Morgan fingerprint density at radius 2 is 1.79 bits per heavy atom. The normalized spacial score (nSPS) is 11.5. The van der Waals surface area contributed by atoms with Crippen LogP contribution in [0.3, 0.4) is 0 Å². The van der Waals surface area contributed by atoms with Gasteiger partial charge in [0, 0.05) is 26.9 Å². The maximum Gasteiger partial charge on any atom is 0.295 e. The number of aromatic hydroxyl groups is 1. The summed E-state index contributed by atoms with van der Waals surface area (Å²) in [5.74, 6) is -0.496. The Morgan fingerprint density at radius 1 is 1.12 bits per heavy atom. The highest BCUT2D eigenvalue weighted by Crippen LogP contribution is 2.40. The number of azo groups is 1. The molecule has 0 bridgehead atoms. The molecule has 3 aromatic rings. The minimum absolute atomic E-state index is 0.0291. The lowest BCUT2D eigenvalue weighted by atomic mass is 10.1. The lowest BCUT2D eigenvalue weighted by Crippen LogP contribution is -1.92. The molecule has 1 aromatic heterocycles. The van der Waals surface area contributed by atoms with Crippen molar-refractivity contribution in [2.45, 2.75) is 6.92 Å². The van der Waals surface area contributed by atoms with Crippen molar-refractivity contribution in [1.29, 1.82) is 0 Å². The van der Waals surface area contributed by atoms with E-state index in [1.165, 1.54) is 0 Å². The Balaban J connectivity index is 2.05. The largest absolute Gasteiger partial charge is 0.493 e. The van der Waals surface area contributed by atoms with Crippen LogP contribution in [0.5, 0.6) is 5.88 Å². The van der Waals surface area contributed by atoms with Crippen molar-refractivity contribution in [3.8, 4) is 5.88 Å². The predicted octanol–water partition coefficient (Wildman–Crippen LogP) is 5.64. The van der Waals surface area contributed by atoms with Crippen LogP contribution < -0.4 is 0 Å². The quantitative estimate of drug-likeness (QED) is 0.513. The van der Waals surface area contributed by atoms with E-state index in [1.807, 2.05) is 19.1 Å². The second kappa shape index (κ2) is 6.49. The molecule has 122 valence electrons. The van der Waals surface area contributed by atoms with Crippen LogP contribution in [0.1, 0.15) is 15.9 Å². The highest BCUT2D eigenvalue weighted by molar-refractivity contribution is 9.10. The molecule has 2 aromatic carbocycles. The topological polar surface area (TPSA) is 66.9 Å². The number of benzene rings is 2. The van der Waals surface area contributed by atoms with E-state index in [0.717, 1.165) is 25.4 Å². The van der Waals surface area contributed by atoms with Crippen molar-refractivity contribution >= 4 is 54.4 Å². The van der Waals surface area contributed by atoms with E-state index in [2.05, 4.69) is 42.1 Å². The summed E-state index contributed by atoms with van der Waals surface area (Å²) in [6.07, 6.45) is 0. The number of carbonyl (C=O) groups excluding carboxylic acids is 1. The molecule has 0 aliphatic heterocycles. The van der Waals surface area contributed by atoms with Gasteiger partial charge in [-0.3, -0.25) is 4.79 Å². The third kappa shape index (κ3) is 3.01. The van der Waals surface area contributed by atoms with Gasteiger partial charge in [-0.25, -0.2) is 0 Å². The van der Waals surface area contributed by atoms with E-state index >= 15 is 0 Å². The summed E-state index contributed by atoms with van der Waals surface area (Å²) in [7, 11) is 1.74. The first-order valence-corrected chi connectivity index (χ1v) is 8.66. The SMILES string of the molecule is Cc1cc(Br)cc2c(N=NC(=O)c3ccc(Br)cc3)c(O)n(C)c12. The number of aryl methyl sites for hydroxylation is 2. The molecule has 24 heavy (non-hydrogen) atoms. The van der Waals surface area contributed by atoms with Crippen LogP contribution in [-0.4, -0.2) is 15.6 Å². The summed E-state index contributed by atoms with van der Waals surface area (Å²) < 4.78 is 3.38. The Kier molecular flexibility index (Phi) is 4.56. The summed E-state index contributed by atoms with van der Waals surface area (Å²) in [4.78, 5) is 12.1. The molecule has 0 aliphatic carbocycles. The van der Waals surface area contributed by atoms with E-state index in [1.54, 1.807) is 35.9 Å². The number of rotatable bonds is 2. The third-order valence-electron chi connectivity index (χ3n) is 3.72. The summed E-state index contributed by atoms with van der Waals surface area (Å²) in [6.45, 7) is 1.94. The van der Waals surface area contributed by atoms with E-state index in [-0.39, 0.29) is 11.6 Å². The van der Waals surface area contributed by atoms with Gasteiger partial charge in [0.1, 0.15) is 0 Å². The minimum Gasteiger partial charge on any atom is -0.493 e. The maximum absolute atomic E-state index is 12.1. The fourth-order valence-electron chi connectivity index (χ4n) is 2.59. The number of fused-ring (bicyclic) bond motifs is 1. The van der Waals surface area contributed by atoms with Crippen LogP contribution in [0.15, 0.2) is 55.6 Å². The summed E-state index contributed by atoms with van der Waals surface area (Å²) in [6, 6.07) is 10.7. The number of halogens is 2. The number of nitrogens with zero attached hydrogens (tertiary/aromatic N) is 3. The fraction of sp³-hybridized carbons (Fsp3) is 0.118. The second-order valence-electron chi connectivity index (χ2n) is 5.36. The van der Waals surface area contributed by atoms with Crippen LogP contribution in [0.25, 0.3) is 10.9 Å². The average Bonchev–Trinajstić information content (AvgIpc) is 2.77. The monoisotopic (exact) mass is 449 g/mol. The number of hydrogen-bond acceptors (Lipinski definition) is 3. The lowest BCUT2D eigenvalue weighted by molar-refractivity contribution is 0.0995. The molecule has 1 heterocycles. The fourth-order valence-corrected chi connectivity index (χ4v) is 3.43. The Labute approximate surface area is 155 Å². The molecule has 0 unspecified atom stereocenters. The Morgan fingerprint density at radius 3 is 2.46 bits per heavy atom. The van der Waals surface area contributed by atoms with Gasteiger partial charge in [0.25, 0.3) is 5.91 Å². The molecule has 0 radical (unpaired) electrons. The van der Waals surface area contributed by atoms with Crippen molar-refractivity contribution in [3.63, 3.8) is 0 Å². The summed E-state index contributed by atoms with van der Waals surface area (Å²) in [5.41, 5.74) is 2.54. The molecule has 7 heteroatoms. The van der Waals surface area contributed by atoms with E-state index in [9.17, 15) is 9.90 Å². The van der Waals surface area contributed by atoms with Crippen molar-refractivity contribution in [2.75, 3.05) is 0 Å².